The lowest BCUT2D eigenvalue weighted by Crippen LogP contribution is -2.32. The number of nitrogens with zero attached hydrogens (tertiary/aromatic N) is 4. The third-order valence-electron chi connectivity index (χ3n) is 4.15. The molecule has 1 aromatic heterocycles. The van der Waals surface area contributed by atoms with E-state index in [0.29, 0.717) is 15.5 Å². The van der Waals surface area contributed by atoms with Gasteiger partial charge in [-0.05, 0) is 30.3 Å². The summed E-state index contributed by atoms with van der Waals surface area (Å²) in [7, 11) is 0. The van der Waals surface area contributed by atoms with E-state index >= 15 is 0 Å². The molecule has 2 N–H and O–H groups in total. The summed E-state index contributed by atoms with van der Waals surface area (Å²) in [5.74, 6) is 1.71. The summed E-state index contributed by atoms with van der Waals surface area (Å²) in [6.07, 6.45) is 5.42. The molecule has 0 atom stereocenters. The van der Waals surface area contributed by atoms with Gasteiger partial charge in [-0.1, -0.05) is 28.7 Å². The average molecular weight is 456 g/mol. The van der Waals surface area contributed by atoms with Crippen LogP contribution in [0.5, 0.6) is 0 Å². The first-order valence-corrected chi connectivity index (χ1v) is 10.2. The van der Waals surface area contributed by atoms with Crippen LogP contribution in [0.15, 0.2) is 45.7 Å². The van der Waals surface area contributed by atoms with Crippen molar-refractivity contribution in [2.24, 2.45) is 0 Å². The van der Waals surface area contributed by atoms with Gasteiger partial charge >= 0.3 is 6.01 Å². The number of rotatable bonds is 7. The van der Waals surface area contributed by atoms with E-state index < -0.39 is 5.82 Å². The molecule has 0 saturated carbocycles. The SMILES string of the molecule is C#Cc1ccc(Cl)c(SCC(=O)N(Cc2nnc(N)o2)Cc2ccc(C#N)cc2F)c1. The number of nitriles is 1. The van der Waals surface area contributed by atoms with Crippen molar-refractivity contribution in [3.05, 3.63) is 69.8 Å². The van der Waals surface area contributed by atoms with Crippen molar-refractivity contribution >= 4 is 35.3 Å². The Hall–Kier alpha value is -3.53. The Morgan fingerprint density at radius 1 is 1.26 bits per heavy atom. The normalized spacial score (nSPS) is 10.3. The number of nitrogens with two attached hydrogens (primary N) is 1. The molecule has 156 valence electrons. The van der Waals surface area contributed by atoms with Gasteiger partial charge in [-0.15, -0.1) is 23.3 Å². The molecule has 10 heteroatoms. The van der Waals surface area contributed by atoms with Gasteiger partial charge in [0.2, 0.25) is 11.8 Å². The summed E-state index contributed by atoms with van der Waals surface area (Å²) >= 11 is 7.39. The van der Waals surface area contributed by atoms with Gasteiger partial charge in [0.25, 0.3) is 0 Å². The fraction of sp³-hybridized carbons (Fsp3) is 0.143. The van der Waals surface area contributed by atoms with Crippen molar-refractivity contribution < 1.29 is 13.6 Å². The molecule has 0 aliphatic rings. The molecule has 7 nitrogen and oxygen atoms in total. The van der Waals surface area contributed by atoms with E-state index in [9.17, 15) is 9.18 Å². The largest absolute Gasteiger partial charge is 0.406 e. The molecule has 31 heavy (non-hydrogen) atoms. The molecule has 1 heterocycles. The number of hydrogen-bond donors (Lipinski definition) is 1. The zero-order valence-electron chi connectivity index (χ0n) is 16.0. The van der Waals surface area contributed by atoms with Crippen LogP contribution in [0.3, 0.4) is 0 Å². The van der Waals surface area contributed by atoms with Crippen LogP contribution < -0.4 is 5.73 Å². The molecule has 0 radical (unpaired) electrons. The van der Waals surface area contributed by atoms with Gasteiger partial charge in [-0.2, -0.15) is 5.26 Å². The molecule has 0 unspecified atom stereocenters. The van der Waals surface area contributed by atoms with Gasteiger partial charge in [0.05, 0.1) is 29.0 Å². The van der Waals surface area contributed by atoms with Crippen molar-refractivity contribution in [3.63, 3.8) is 0 Å². The minimum Gasteiger partial charge on any atom is -0.406 e. The molecule has 0 aliphatic carbocycles. The summed E-state index contributed by atoms with van der Waals surface area (Å²) in [6.45, 7) is -0.140. The number of thioether (sulfide) groups is 1. The second-order valence-corrected chi connectivity index (χ2v) is 7.70. The maximum atomic E-state index is 14.4. The summed E-state index contributed by atoms with van der Waals surface area (Å²) < 4.78 is 19.5. The molecule has 0 fully saturated rings. The van der Waals surface area contributed by atoms with Crippen molar-refractivity contribution in [1.82, 2.24) is 15.1 Å². The molecule has 3 aromatic rings. The van der Waals surface area contributed by atoms with E-state index in [1.807, 2.05) is 6.07 Å². The van der Waals surface area contributed by atoms with Crippen molar-refractivity contribution in [2.45, 2.75) is 18.0 Å². The van der Waals surface area contributed by atoms with Gasteiger partial charge in [-0.3, -0.25) is 4.79 Å². The number of anilines is 1. The van der Waals surface area contributed by atoms with E-state index in [1.165, 1.54) is 28.8 Å². The second kappa shape index (κ2) is 9.98. The summed E-state index contributed by atoms with van der Waals surface area (Å²) in [5.41, 5.74) is 6.50. The van der Waals surface area contributed by atoms with Crippen LogP contribution in [0.1, 0.15) is 22.6 Å². The average Bonchev–Trinajstić information content (AvgIpc) is 3.18. The first-order chi connectivity index (χ1) is 14.9. The molecule has 2 aromatic carbocycles. The third kappa shape index (κ3) is 5.76. The highest BCUT2D eigenvalue weighted by molar-refractivity contribution is 8.00. The molecule has 3 rings (SSSR count). The number of benzene rings is 2. The maximum absolute atomic E-state index is 14.4. The first-order valence-electron chi connectivity index (χ1n) is 8.82. The number of carbonyl (C=O) groups excluding carboxylic acids is 1. The Kier molecular flexibility index (Phi) is 7.14. The van der Waals surface area contributed by atoms with Gasteiger partial charge < -0.3 is 15.1 Å². The standard InChI is InChI=1S/C21H15ClFN5O2S/c1-2-13-4-6-16(22)18(8-13)31-12-20(29)28(11-19-26-27-21(25)30-19)10-15-5-3-14(9-24)7-17(15)23/h1,3-8H,10-12H2,(H2,25,27). The Balaban J connectivity index is 1.79. The van der Waals surface area contributed by atoms with E-state index in [-0.39, 0.29) is 47.8 Å². The quantitative estimate of drug-likeness (QED) is 0.428. The highest BCUT2D eigenvalue weighted by Gasteiger charge is 2.20. The van der Waals surface area contributed by atoms with Crippen LogP contribution in [-0.4, -0.2) is 26.8 Å². The van der Waals surface area contributed by atoms with Crippen LogP contribution in [0, 0.1) is 29.5 Å². The molecular weight excluding hydrogens is 441 g/mol. The maximum Gasteiger partial charge on any atom is 0.312 e. The smallest absolute Gasteiger partial charge is 0.312 e. The van der Waals surface area contributed by atoms with E-state index in [4.69, 9.17) is 33.4 Å². The zero-order valence-corrected chi connectivity index (χ0v) is 17.6. The fourth-order valence-electron chi connectivity index (χ4n) is 2.61. The number of amides is 1. The monoisotopic (exact) mass is 455 g/mol. The lowest BCUT2D eigenvalue weighted by Gasteiger charge is -2.21. The van der Waals surface area contributed by atoms with Crippen LogP contribution >= 0.6 is 23.4 Å². The number of nitrogen functional groups attached to an aromatic ring is 1. The van der Waals surface area contributed by atoms with Crippen molar-refractivity contribution in [1.29, 1.82) is 5.26 Å². The Morgan fingerprint density at radius 2 is 2.03 bits per heavy atom. The van der Waals surface area contributed by atoms with Crippen LogP contribution in [0.25, 0.3) is 0 Å². The number of hydrogen-bond acceptors (Lipinski definition) is 7. The number of terminal acetylenes is 1. The van der Waals surface area contributed by atoms with Crippen molar-refractivity contribution in [2.75, 3.05) is 11.5 Å². The van der Waals surface area contributed by atoms with Gasteiger partial charge in [-0.25, -0.2) is 4.39 Å². The molecular formula is C21H15ClFN5O2S. The minimum atomic E-state index is -0.598. The topological polar surface area (TPSA) is 109 Å². The van der Waals surface area contributed by atoms with E-state index in [0.717, 1.165) is 6.07 Å². The number of aromatic nitrogens is 2. The van der Waals surface area contributed by atoms with E-state index in [2.05, 4.69) is 16.1 Å². The zero-order chi connectivity index (χ0) is 22.4. The summed E-state index contributed by atoms with van der Waals surface area (Å²) in [5, 5.41) is 16.7. The lowest BCUT2D eigenvalue weighted by molar-refractivity contribution is -0.129. The molecule has 0 spiro atoms. The lowest BCUT2D eigenvalue weighted by atomic mass is 10.1. The number of halogens is 2. The van der Waals surface area contributed by atoms with E-state index in [1.54, 1.807) is 18.2 Å². The van der Waals surface area contributed by atoms with Gasteiger partial charge in [0.1, 0.15) is 5.82 Å². The fourth-order valence-corrected chi connectivity index (χ4v) is 3.77. The summed E-state index contributed by atoms with van der Waals surface area (Å²) in [6, 6.07) is 10.9. The van der Waals surface area contributed by atoms with Crippen LogP contribution in [0.2, 0.25) is 5.02 Å². The predicted octanol–water partition coefficient (Wildman–Crippen LogP) is 3.62. The predicted molar refractivity (Wildman–Crippen MR) is 114 cm³/mol. The second-order valence-electron chi connectivity index (χ2n) is 6.28. The van der Waals surface area contributed by atoms with Gasteiger partial charge in [0.15, 0.2) is 0 Å². The highest BCUT2D eigenvalue weighted by Crippen LogP contribution is 2.28. The molecule has 0 aliphatic heterocycles. The molecule has 1 amide bonds. The Labute approximate surface area is 187 Å². The van der Waals surface area contributed by atoms with Crippen LogP contribution in [0.4, 0.5) is 10.4 Å². The van der Waals surface area contributed by atoms with Crippen LogP contribution in [-0.2, 0) is 17.9 Å². The minimum absolute atomic E-state index is 0.00919. The highest BCUT2D eigenvalue weighted by atomic mass is 35.5. The first kappa shape index (κ1) is 22.2. The Bertz CT molecular complexity index is 1200. The third-order valence-corrected chi connectivity index (χ3v) is 5.64. The molecule has 0 bridgehead atoms. The Morgan fingerprint density at radius 3 is 2.68 bits per heavy atom. The van der Waals surface area contributed by atoms with Gasteiger partial charge in [0, 0.05) is 22.6 Å². The number of carbonyl (C=O) groups is 1. The summed E-state index contributed by atoms with van der Waals surface area (Å²) in [4.78, 5) is 15.0. The van der Waals surface area contributed by atoms with Crippen molar-refractivity contribution in [3.8, 4) is 18.4 Å². The molecule has 0 saturated heterocycles.